The normalized spacial score (nSPS) is 11.3. The summed E-state index contributed by atoms with van der Waals surface area (Å²) in [6.45, 7) is 0. The van der Waals surface area contributed by atoms with Crippen LogP contribution in [0.4, 0.5) is 5.69 Å². The van der Waals surface area contributed by atoms with Crippen LogP contribution in [0.25, 0.3) is 0 Å². The van der Waals surface area contributed by atoms with Crippen molar-refractivity contribution >= 4 is 24.1 Å². The molecule has 16 heavy (non-hydrogen) atoms. The summed E-state index contributed by atoms with van der Waals surface area (Å²) in [5.74, 6) is -1.12. The summed E-state index contributed by atoms with van der Waals surface area (Å²) in [6, 6.07) is 4.74. The number of carboxylic acid groups (broad SMARTS) is 1. The minimum Gasteiger partial charge on any atom is -0.480 e. The second kappa shape index (κ2) is 6.04. The molecular formula is C9H11ClN2O4. The molecule has 6 nitrogen and oxygen atoms in total. The highest BCUT2D eigenvalue weighted by molar-refractivity contribution is 5.85. The van der Waals surface area contributed by atoms with Gasteiger partial charge in [0.2, 0.25) is 0 Å². The van der Waals surface area contributed by atoms with Crippen LogP contribution in [0, 0.1) is 10.1 Å². The first-order valence-corrected chi connectivity index (χ1v) is 4.22. The Bertz CT molecular complexity index is 397. The third-order valence-electron chi connectivity index (χ3n) is 1.89. The molecule has 0 heterocycles. The summed E-state index contributed by atoms with van der Waals surface area (Å²) in [5.41, 5.74) is 5.78. The molecular weight excluding hydrogens is 236 g/mol. The minimum atomic E-state index is -1.12. The molecule has 0 fully saturated rings. The molecule has 0 aliphatic carbocycles. The average molecular weight is 247 g/mol. The van der Waals surface area contributed by atoms with Crippen LogP contribution in [0.1, 0.15) is 5.56 Å². The van der Waals surface area contributed by atoms with Crippen molar-refractivity contribution in [2.75, 3.05) is 0 Å². The number of benzene rings is 1. The third-order valence-corrected chi connectivity index (χ3v) is 1.89. The standard InChI is InChI=1S/C9H10N2O4.ClH/c10-8(9(12)13)5-6-2-1-3-7(4-6)11(14)15;/h1-4,8H,5,10H2,(H,12,13);1H/t8-;/m1./s1. The topological polar surface area (TPSA) is 106 Å². The average Bonchev–Trinajstić information content (AvgIpc) is 2.18. The Balaban J connectivity index is 0.00000225. The molecule has 3 N–H and O–H groups in total. The molecule has 0 radical (unpaired) electrons. The van der Waals surface area contributed by atoms with Crippen LogP contribution < -0.4 is 5.73 Å². The molecule has 0 aliphatic rings. The van der Waals surface area contributed by atoms with Gasteiger partial charge in [0.1, 0.15) is 6.04 Å². The molecule has 0 bridgehead atoms. The zero-order valence-electron chi connectivity index (χ0n) is 8.20. The molecule has 0 amide bonds. The molecule has 0 aliphatic heterocycles. The zero-order valence-corrected chi connectivity index (χ0v) is 9.02. The van der Waals surface area contributed by atoms with E-state index in [1.165, 1.54) is 18.2 Å². The van der Waals surface area contributed by atoms with Gasteiger partial charge in [-0.15, -0.1) is 12.4 Å². The van der Waals surface area contributed by atoms with Gasteiger partial charge in [-0.25, -0.2) is 0 Å². The van der Waals surface area contributed by atoms with Gasteiger partial charge in [0.25, 0.3) is 5.69 Å². The van der Waals surface area contributed by atoms with E-state index in [4.69, 9.17) is 10.8 Å². The van der Waals surface area contributed by atoms with E-state index in [1.54, 1.807) is 6.07 Å². The summed E-state index contributed by atoms with van der Waals surface area (Å²) in [7, 11) is 0. The Morgan fingerprint density at radius 3 is 2.69 bits per heavy atom. The van der Waals surface area contributed by atoms with Gasteiger partial charge in [0.05, 0.1) is 4.92 Å². The van der Waals surface area contributed by atoms with Gasteiger partial charge in [-0.2, -0.15) is 0 Å². The highest BCUT2D eigenvalue weighted by atomic mass is 35.5. The number of nitrogens with zero attached hydrogens (tertiary/aromatic N) is 1. The maximum absolute atomic E-state index is 10.5. The lowest BCUT2D eigenvalue weighted by atomic mass is 10.1. The summed E-state index contributed by atoms with van der Waals surface area (Å²) >= 11 is 0. The smallest absolute Gasteiger partial charge is 0.320 e. The fraction of sp³-hybridized carbons (Fsp3) is 0.222. The number of nitrogens with two attached hydrogens (primary N) is 1. The van der Waals surface area contributed by atoms with Gasteiger partial charge in [-0.3, -0.25) is 14.9 Å². The van der Waals surface area contributed by atoms with Crippen LogP contribution in [0.3, 0.4) is 0 Å². The largest absolute Gasteiger partial charge is 0.480 e. The number of nitro benzene ring substituents is 1. The van der Waals surface area contributed by atoms with Gasteiger partial charge in [-0.1, -0.05) is 12.1 Å². The summed E-state index contributed by atoms with van der Waals surface area (Å²) in [6.07, 6.45) is 0.0804. The van der Waals surface area contributed by atoms with Crippen molar-refractivity contribution in [3.63, 3.8) is 0 Å². The second-order valence-corrected chi connectivity index (χ2v) is 3.08. The maximum Gasteiger partial charge on any atom is 0.320 e. The van der Waals surface area contributed by atoms with Crippen LogP contribution in [-0.2, 0) is 11.2 Å². The lowest BCUT2D eigenvalue weighted by Crippen LogP contribution is -2.32. The highest BCUT2D eigenvalue weighted by Crippen LogP contribution is 2.14. The van der Waals surface area contributed by atoms with Crippen molar-refractivity contribution in [1.29, 1.82) is 0 Å². The molecule has 0 saturated heterocycles. The summed E-state index contributed by atoms with van der Waals surface area (Å²) < 4.78 is 0. The number of non-ortho nitro benzene ring substituents is 1. The highest BCUT2D eigenvalue weighted by Gasteiger charge is 2.13. The van der Waals surface area contributed by atoms with Crippen LogP contribution in [0.15, 0.2) is 24.3 Å². The number of hydrogen-bond donors (Lipinski definition) is 2. The third kappa shape index (κ3) is 3.84. The van der Waals surface area contributed by atoms with Crippen molar-refractivity contribution in [1.82, 2.24) is 0 Å². The lowest BCUT2D eigenvalue weighted by Gasteiger charge is -2.05. The van der Waals surface area contributed by atoms with Gasteiger partial charge in [-0.05, 0) is 12.0 Å². The molecule has 7 heteroatoms. The predicted octanol–water partition coefficient (Wildman–Crippen LogP) is 0.971. The Labute approximate surface area is 97.6 Å². The van der Waals surface area contributed by atoms with Crippen molar-refractivity contribution < 1.29 is 14.8 Å². The fourth-order valence-corrected chi connectivity index (χ4v) is 1.14. The first-order valence-electron chi connectivity index (χ1n) is 4.22. The van der Waals surface area contributed by atoms with Crippen molar-refractivity contribution in [2.45, 2.75) is 12.5 Å². The summed E-state index contributed by atoms with van der Waals surface area (Å²) in [4.78, 5) is 20.4. The Hall–Kier alpha value is -1.66. The van der Waals surface area contributed by atoms with E-state index < -0.39 is 16.9 Å². The first-order chi connectivity index (χ1) is 7.00. The minimum absolute atomic E-state index is 0. The van der Waals surface area contributed by atoms with Crippen LogP contribution in [0.5, 0.6) is 0 Å². The van der Waals surface area contributed by atoms with E-state index in [-0.39, 0.29) is 24.5 Å². The molecule has 0 saturated carbocycles. The summed E-state index contributed by atoms with van der Waals surface area (Å²) in [5, 5.41) is 19.0. The molecule has 0 aromatic heterocycles. The first kappa shape index (κ1) is 14.3. The lowest BCUT2D eigenvalue weighted by molar-refractivity contribution is -0.384. The van der Waals surface area contributed by atoms with Gasteiger partial charge < -0.3 is 10.8 Å². The molecule has 1 aromatic carbocycles. The van der Waals surface area contributed by atoms with Crippen molar-refractivity contribution in [3.05, 3.63) is 39.9 Å². The fourth-order valence-electron chi connectivity index (χ4n) is 1.14. The number of halogens is 1. The molecule has 88 valence electrons. The van der Waals surface area contributed by atoms with E-state index in [0.717, 1.165) is 0 Å². The zero-order chi connectivity index (χ0) is 11.4. The van der Waals surface area contributed by atoms with Crippen LogP contribution in [0.2, 0.25) is 0 Å². The van der Waals surface area contributed by atoms with Crippen molar-refractivity contribution in [3.8, 4) is 0 Å². The number of hydrogen-bond acceptors (Lipinski definition) is 4. The SMILES string of the molecule is Cl.N[C@H](Cc1cccc([N+](=O)[O-])c1)C(=O)O. The van der Waals surface area contributed by atoms with E-state index in [1.807, 2.05) is 0 Å². The molecule has 0 unspecified atom stereocenters. The number of rotatable bonds is 4. The van der Waals surface area contributed by atoms with Gasteiger partial charge in [0.15, 0.2) is 0 Å². The van der Waals surface area contributed by atoms with Crippen molar-refractivity contribution in [2.24, 2.45) is 5.73 Å². The predicted molar refractivity (Wildman–Crippen MR) is 59.7 cm³/mol. The maximum atomic E-state index is 10.5. The van der Waals surface area contributed by atoms with E-state index >= 15 is 0 Å². The monoisotopic (exact) mass is 246 g/mol. The van der Waals surface area contributed by atoms with Gasteiger partial charge >= 0.3 is 5.97 Å². The van der Waals surface area contributed by atoms with E-state index in [0.29, 0.717) is 5.56 Å². The molecule has 0 spiro atoms. The Morgan fingerprint density at radius 1 is 1.56 bits per heavy atom. The van der Waals surface area contributed by atoms with Crippen LogP contribution in [-0.4, -0.2) is 22.0 Å². The number of aliphatic carboxylic acids is 1. The van der Waals surface area contributed by atoms with E-state index in [9.17, 15) is 14.9 Å². The Morgan fingerprint density at radius 2 is 2.19 bits per heavy atom. The molecule has 1 aromatic rings. The molecule has 1 atom stereocenters. The second-order valence-electron chi connectivity index (χ2n) is 3.08. The number of carboxylic acids is 1. The van der Waals surface area contributed by atoms with E-state index in [2.05, 4.69) is 0 Å². The quantitative estimate of drug-likeness (QED) is 0.608. The molecule has 1 rings (SSSR count). The number of carbonyl (C=O) groups is 1. The number of nitro groups is 1. The van der Waals surface area contributed by atoms with Gasteiger partial charge in [0, 0.05) is 12.1 Å². The Kier molecular flexibility index (Phi) is 5.41. The van der Waals surface area contributed by atoms with Crippen LogP contribution >= 0.6 is 12.4 Å².